The molecule has 1 atom stereocenters. The summed E-state index contributed by atoms with van der Waals surface area (Å²) in [6, 6.07) is 1.64. The average Bonchev–Trinajstić information content (AvgIpc) is 2.38. The maximum absolute atomic E-state index is 9.38. The summed E-state index contributed by atoms with van der Waals surface area (Å²) in [6.07, 6.45) is 6.59. The lowest BCUT2D eigenvalue weighted by molar-refractivity contribution is 0.117. The zero-order valence-electron chi connectivity index (χ0n) is 5.63. The summed E-state index contributed by atoms with van der Waals surface area (Å²) >= 11 is 0. The lowest BCUT2D eigenvalue weighted by atomic mass is 10.1. The Morgan fingerprint density at radius 2 is 2.60 bits per heavy atom. The molecule has 1 rings (SSSR count). The van der Waals surface area contributed by atoms with Gasteiger partial charge in [0.15, 0.2) is 5.60 Å². The van der Waals surface area contributed by atoms with Gasteiger partial charge in [-0.15, -0.1) is 6.42 Å². The third kappa shape index (κ3) is 1.02. The summed E-state index contributed by atoms with van der Waals surface area (Å²) < 4.78 is 0. The fourth-order valence-corrected chi connectivity index (χ4v) is 0.605. The number of nitrogens with zero attached hydrogens (tertiary/aromatic N) is 1. The summed E-state index contributed by atoms with van der Waals surface area (Å²) in [5.41, 5.74) is -0.689. The average molecular weight is 136 g/mol. The van der Waals surface area contributed by atoms with E-state index in [-0.39, 0.29) is 0 Å². The number of aromatic nitrogens is 2. The summed E-state index contributed by atoms with van der Waals surface area (Å²) in [4.78, 5) is 0. The molecule has 1 aromatic rings. The van der Waals surface area contributed by atoms with Gasteiger partial charge in [-0.05, 0) is 13.0 Å². The largest absolute Gasteiger partial charge is 0.372 e. The highest BCUT2D eigenvalue weighted by Gasteiger charge is 2.20. The topological polar surface area (TPSA) is 48.9 Å². The van der Waals surface area contributed by atoms with Crippen LogP contribution >= 0.6 is 0 Å². The van der Waals surface area contributed by atoms with E-state index in [2.05, 4.69) is 16.1 Å². The van der Waals surface area contributed by atoms with E-state index in [4.69, 9.17) is 6.42 Å². The van der Waals surface area contributed by atoms with Crippen LogP contribution in [0.5, 0.6) is 0 Å². The van der Waals surface area contributed by atoms with Crippen LogP contribution in [0, 0.1) is 12.3 Å². The lowest BCUT2D eigenvalue weighted by Crippen LogP contribution is -2.18. The number of aliphatic hydroxyl groups is 1. The Balaban J connectivity index is 2.99. The maximum atomic E-state index is 9.38. The third-order valence-electron chi connectivity index (χ3n) is 1.31. The van der Waals surface area contributed by atoms with Crippen molar-refractivity contribution in [2.45, 2.75) is 12.5 Å². The molecule has 0 aliphatic heterocycles. The van der Waals surface area contributed by atoms with Gasteiger partial charge in [-0.1, -0.05) is 5.92 Å². The first-order valence-electron chi connectivity index (χ1n) is 2.87. The molecule has 0 spiro atoms. The highest BCUT2D eigenvalue weighted by molar-refractivity contribution is 5.20. The lowest BCUT2D eigenvalue weighted by Gasteiger charge is -2.12. The fraction of sp³-hybridized carbons (Fsp3) is 0.286. The van der Waals surface area contributed by atoms with Crippen molar-refractivity contribution in [3.05, 3.63) is 18.0 Å². The molecule has 0 saturated carbocycles. The molecule has 0 radical (unpaired) electrons. The van der Waals surface area contributed by atoms with Gasteiger partial charge in [-0.3, -0.25) is 5.10 Å². The molecule has 0 aromatic carbocycles. The minimum Gasteiger partial charge on any atom is -0.372 e. The van der Waals surface area contributed by atoms with E-state index in [0.29, 0.717) is 5.69 Å². The number of rotatable bonds is 1. The first-order valence-corrected chi connectivity index (χ1v) is 2.87. The van der Waals surface area contributed by atoms with Crippen molar-refractivity contribution < 1.29 is 5.11 Å². The van der Waals surface area contributed by atoms with Crippen molar-refractivity contribution in [1.82, 2.24) is 10.2 Å². The molecule has 0 amide bonds. The highest BCUT2D eigenvalue weighted by atomic mass is 16.3. The number of terminal acetylenes is 1. The molecular formula is C7H8N2O. The Labute approximate surface area is 59.1 Å². The SMILES string of the molecule is C#CC(C)(O)c1ccn[nH]1. The van der Waals surface area contributed by atoms with Gasteiger partial charge in [0.05, 0.1) is 5.69 Å². The zero-order valence-corrected chi connectivity index (χ0v) is 5.63. The van der Waals surface area contributed by atoms with E-state index >= 15 is 0 Å². The Hall–Kier alpha value is -1.27. The van der Waals surface area contributed by atoms with Crippen molar-refractivity contribution in [2.75, 3.05) is 0 Å². The van der Waals surface area contributed by atoms with Crippen LogP contribution in [0.4, 0.5) is 0 Å². The minimum atomic E-state index is -1.23. The zero-order chi connectivity index (χ0) is 7.61. The van der Waals surface area contributed by atoms with E-state index in [1.165, 1.54) is 6.92 Å². The minimum absolute atomic E-state index is 0.537. The molecule has 1 unspecified atom stereocenters. The van der Waals surface area contributed by atoms with E-state index in [1.807, 2.05) is 0 Å². The van der Waals surface area contributed by atoms with Crippen LogP contribution < -0.4 is 0 Å². The van der Waals surface area contributed by atoms with Gasteiger partial charge >= 0.3 is 0 Å². The van der Waals surface area contributed by atoms with Gasteiger partial charge in [-0.2, -0.15) is 5.10 Å². The second-order valence-corrected chi connectivity index (χ2v) is 2.19. The Kier molecular flexibility index (Phi) is 1.48. The fourth-order valence-electron chi connectivity index (χ4n) is 0.605. The van der Waals surface area contributed by atoms with Crippen molar-refractivity contribution >= 4 is 0 Å². The normalized spacial score (nSPS) is 15.7. The number of nitrogens with one attached hydrogen (secondary N) is 1. The second kappa shape index (κ2) is 2.16. The smallest absolute Gasteiger partial charge is 0.164 e. The van der Waals surface area contributed by atoms with Crippen molar-refractivity contribution in [1.29, 1.82) is 0 Å². The van der Waals surface area contributed by atoms with Crippen molar-refractivity contribution in [3.63, 3.8) is 0 Å². The number of H-pyrrole nitrogens is 1. The van der Waals surface area contributed by atoms with E-state index in [1.54, 1.807) is 12.3 Å². The van der Waals surface area contributed by atoms with Crippen LogP contribution in [-0.2, 0) is 5.60 Å². The van der Waals surface area contributed by atoms with Gasteiger partial charge in [0.2, 0.25) is 0 Å². The molecule has 0 aliphatic rings. The molecule has 0 aliphatic carbocycles. The Bertz CT molecular complexity index is 243. The molecule has 2 N–H and O–H groups in total. The summed E-state index contributed by atoms with van der Waals surface area (Å²) in [5, 5.41) is 15.6. The number of hydrogen-bond donors (Lipinski definition) is 2. The molecule has 0 fully saturated rings. The van der Waals surface area contributed by atoms with Crippen molar-refractivity contribution in [3.8, 4) is 12.3 Å². The molecule has 0 bridgehead atoms. The predicted molar refractivity (Wildman–Crippen MR) is 37.0 cm³/mol. The Morgan fingerprint density at radius 1 is 1.90 bits per heavy atom. The van der Waals surface area contributed by atoms with Crippen molar-refractivity contribution in [2.24, 2.45) is 0 Å². The summed E-state index contributed by atoms with van der Waals surface area (Å²) in [7, 11) is 0. The summed E-state index contributed by atoms with van der Waals surface area (Å²) in [6.45, 7) is 1.53. The monoisotopic (exact) mass is 136 g/mol. The first kappa shape index (κ1) is 6.84. The van der Waals surface area contributed by atoms with E-state index < -0.39 is 5.60 Å². The van der Waals surface area contributed by atoms with Crippen LogP contribution in [0.1, 0.15) is 12.6 Å². The van der Waals surface area contributed by atoms with Crippen LogP contribution in [0.25, 0.3) is 0 Å². The van der Waals surface area contributed by atoms with Crippen LogP contribution in [0.3, 0.4) is 0 Å². The van der Waals surface area contributed by atoms with Crippen LogP contribution in [0.2, 0.25) is 0 Å². The quantitative estimate of drug-likeness (QED) is 0.544. The van der Waals surface area contributed by atoms with Gasteiger partial charge in [0.1, 0.15) is 0 Å². The van der Waals surface area contributed by atoms with Gasteiger partial charge in [-0.25, -0.2) is 0 Å². The molecule has 10 heavy (non-hydrogen) atoms. The van der Waals surface area contributed by atoms with Gasteiger partial charge in [0, 0.05) is 6.20 Å². The molecule has 3 heteroatoms. The maximum Gasteiger partial charge on any atom is 0.164 e. The molecule has 0 saturated heterocycles. The second-order valence-electron chi connectivity index (χ2n) is 2.19. The Morgan fingerprint density at radius 3 is 3.00 bits per heavy atom. The number of hydrogen-bond acceptors (Lipinski definition) is 2. The van der Waals surface area contributed by atoms with E-state index in [9.17, 15) is 5.11 Å². The van der Waals surface area contributed by atoms with Crippen LogP contribution in [0.15, 0.2) is 12.3 Å². The number of aromatic amines is 1. The molecule has 1 aromatic heterocycles. The standard InChI is InChI=1S/C7H8N2O/c1-3-7(2,10)6-4-5-8-9-6/h1,4-5,10H,2H3,(H,8,9). The first-order chi connectivity index (χ1) is 4.67. The molecule has 3 nitrogen and oxygen atoms in total. The molecular weight excluding hydrogens is 128 g/mol. The van der Waals surface area contributed by atoms with Gasteiger partial charge in [0.25, 0.3) is 0 Å². The summed E-state index contributed by atoms with van der Waals surface area (Å²) in [5.74, 6) is 2.23. The van der Waals surface area contributed by atoms with E-state index in [0.717, 1.165) is 0 Å². The highest BCUT2D eigenvalue weighted by Crippen LogP contribution is 2.14. The third-order valence-corrected chi connectivity index (χ3v) is 1.31. The molecule has 52 valence electrons. The van der Waals surface area contributed by atoms with Gasteiger partial charge < -0.3 is 5.11 Å². The van der Waals surface area contributed by atoms with Crippen LogP contribution in [-0.4, -0.2) is 15.3 Å². The predicted octanol–water partition coefficient (Wildman–Crippen LogP) is 0.250. The molecule has 1 heterocycles.